The van der Waals surface area contributed by atoms with Gasteiger partial charge in [0.1, 0.15) is 23.4 Å². The lowest BCUT2D eigenvalue weighted by molar-refractivity contribution is -0.128. The summed E-state index contributed by atoms with van der Waals surface area (Å²) in [5.41, 5.74) is -0.839. The number of ether oxygens (including phenoxy) is 1. The number of benzene rings is 2. The van der Waals surface area contributed by atoms with Crippen molar-refractivity contribution in [2.24, 2.45) is 5.92 Å². The lowest BCUT2D eigenvalue weighted by Gasteiger charge is -2.44. The first-order valence-electron chi connectivity index (χ1n) is 11.8. The number of carbonyl (C=O) groups excluding carboxylic acids is 3. The van der Waals surface area contributed by atoms with Crippen molar-refractivity contribution in [3.63, 3.8) is 0 Å². The highest BCUT2D eigenvalue weighted by molar-refractivity contribution is 5.98. The molecule has 2 aromatic carbocycles. The minimum Gasteiger partial charge on any atom is -0.354 e. The van der Waals surface area contributed by atoms with E-state index < -0.39 is 29.3 Å². The number of halogens is 2. The third-order valence-corrected chi connectivity index (χ3v) is 6.48. The van der Waals surface area contributed by atoms with Gasteiger partial charge in [0.25, 0.3) is 11.8 Å². The molecule has 2 saturated heterocycles. The van der Waals surface area contributed by atoms with Gasteiger partial charge in [-0.05, 0) is 30.2 Å². The van der Waals surface area contributed by atoms with Crippen molar-refractivity contribution in [2.45, 2.75) is 38.5 Å². The second kappa shape index (κ2) is 10.1. The molecule has 2 aliphatic heterocycles. The lowest BCUT2D eigenvalue weighted by Crippen LogP contribution is -2.60. The minimum absolute atomic E-state index is 0.0447. The maximum atomic E-state index is 14.2. The zero-order valence-corrected chi connectivity index (χ0v) is 19.8. The molecule has 1 N–H and O–H groups in total. The van der Waals surface area contributed by atoms with Crippen molar-refractivity contribution in [1.29, 1.82) is 0 Å². The van der Waals surface area contributed by atoms with E-state index in [1.807, 2.05) is 13.8 Å². The number of piperidine rings is 1. The van der Waals surface area contributed by atoms with Crippen LogP contribution in [0.3, 0.4) is 0 Å². The number of amides is 3. The van der Waals surface area contributed by atoms with Crippen molar-refractivity contribution in [3.05, 3.63) is 71.3 Å². The summed E-state index contributed by atoms with van der Waals surface area (Å²) in [5.74, 6) is -2.59. The molecule has 9 heteroatoms. The highest BCUT2D eigenvalue weighted by Gasteiger charge is 2.54. The van der Waals surface area contributed by atoms with E-state index in [9.17, 15) is 23.2 Å². The largest absolute Gasteiger partial charge is 0.354 e. The van der Waals surface area contributed by atoms with E-state index in [4.69, 9.17) is 4.74 Å². The monoisotopic (exact) mass is 485 g/mol. The Kier molecular flexibility index (Phi) is 7.16. The van der Waals surface area contributed by atoms with Gasteiger partial charge in [-0.25, -0.2) is 8.78 Å². The van der Waals surface area contributed by atoms with Gasteiger partial charge in [-0.2, -0.15) is 0 Å². The Morgan fingerprint density at radius 3 is 2.37 bits per heavy atom. The zero-order chi connectivity index (χ0) is 25.2. The van der Waals surface area contributed by atoms with E-state index in [1.165, 1.54) is 9.80 Å². The Bertz CT molecular complexity index is 1100. The predicted octanol–water partition coefficient (Wildman–Crippen LogP) is 3.21. The van der Waals surface area contributed by atoms with E-state index in [-0.39, 0.29) is 55.8 Å². The fourth-order valence-corrected chi connectivity index (χ4v) is 4.60. The molecule has 35 heavy (non-hydrogen) atoms. The van der Waals surface area contributed by atoms with E-state index >= 15 is 0 Å². The van der Waals surface area contributed by atoms with Gasteiger partial charge >= 0.3 is 0 Å². The van der Waals surface area contributed by atoms with Crippen LogP contribution in [0.5, 0.6) is 0 Å². The Morgan fingerprint density at radius 2 is 1.74 bits per heavy atom. The summed E-state index contributed by atoms with van der Waals surface area (Å²) in [6.07, 6.45) is 0.516. The number of nitrogens with zero attached hydrogens (tertiary/aromatic N) is 2. The Hall–Kier alpha value is -3.33. The van der Waals surface area contributed by atoms with Gasteiger partial charge in [0, 0.05) is 44.1 Å². The molecule has 1 unspecified atom stereocenters. The highest BCUT2D eigenvalue weighted by atomic mass is 19.1. The topological polar surface area (TPSA) is 79.0 Å². The second-order valence-corrected chi connectivity index (χ2v) is 9.37. The van der Waals surface area contributed by atoms with Crippen LogP contribution in [0.2, 0.25) is 0 Å². The van der Waals surface area contributed by atoms with Gasteiger partial charge in [-0.3, -0.25) is 19.3 Å². The first-order valence-corrected chi connectivity index (χ1v) is 11.8. The summed E-state index contributed by atoms with van der Waals surface area (Å²) in [4.78, 5) is 42.5. The van der Waals surface area contributed by atoms with Crippen LogP contribution in [0.1, 0.15) is 47.4 Å². The Balaban J connectivity index is 1.56. The minimum atomic E-state index is -1.06. The fourth-order valence-electron chi connectivity index (χ4n) is 4.60. The van der Waals surface area contributed by atoms with Crippen molar-refractivity contribution in [1.82, 2.24) is 15.1 Å². The van der Waals surface area contributed by atoms with Gasteiger partial charge in [0.2, 0.25) is 5.91 Å². The van der Waals surface area contributed by atoms with Gasteiger partial charge in [-0.15, -0.1) is 0 Å². The number of nitrogens with one attached hydrogen (secondary N) is 1. The fraction of sp³-hybridized carbons (Fsp3) is 0.423. The zero-order valence-electron chi connectivity index (χ0n) is 19.8. The average Bonchev–Trinajstić information content (AvgIpc) is 3.21. The molecule has 2 aromatic rings. The molecule has 2 fully saturated rings. The number of rotatable bonds is 5. The number of carbonyl (C=O) groups is 3. The molecule has 2 aliphatic rings. The molecule has 1 atom stereocenters. The molecule has 3 amide bonds. The van der Waals surface area contributed by atoms with Gasteiger partial charge in [0.15, 0.2) is 0 Å². The van der Waals surface area contributed by atoms with Crippen LogP contribution in [0.25, 0.3) is 0 Å². The quantitative estimate of drug-likeness (QED) is 0.706. The maximum Gasteiger partial charge on any atom is 0.256 e. The van der Waals surface area contributed by atoms with Crippen molar-refractivity contribution >= 4 is 17.7 Å². The molecule has 0 aromatic heterocycles. The van der Waals surface area contributed by atoms with Crippen molar-refractivity contribution in [2.75, 3.05) is 26.2 Å². The van der Waals surface area contributed by atoms with Gasteiger partial charge in [-0.1, -0.05) is 32.0 Å². The first kappa shape index (κ1) is 24.8. The molecule has 2 heterocycles. The first-order chi connectivity index (χ1) is 16.7. The summed E-state index contributed by atoms with van der Waals surface area (Å²) >= 11 is 0. The van der Waals surface area contributed by atoms with Crippen LogP contribution < -0.4 is 5.32 Å². The van der Waals surface area contributed by atoms with Crippen LogP contribution in [0.15, 0.2) is 48.5 Å². The second-order valence-electron chi connectivity index (χ2n) is 9.37. The summed E-state index contributed by atoms with van der Waals surface area (Å²) in [6, 6.07) is 10.7. The van der Waals surface area contributed by atoms with Crippen LogP contribution in [-0.4, -0.2) is 65.5 Å². The SMILES string of the molecule is CC(C)CNC(=O)C1COC2(CCN(C(=O)c3ccc(F)cc3F)CC2)N1C(=O)c1ccccc1. The average molecular weight is 486 g/mol. The van der Waals surface area contributed by atoms with Crippen LogP contribution in [0.4, 0.5) is 8.78 Å². The molecule has 0 radical (unpaired) electrons. The predicted molar refractivity (Wildman–Crippen MR) is 124 cm³/mol. The number of hydrogen-bond acceptors (Lipinski definition) is 4. The number of likely N-dealkylation sites (tertiary alicyclic amines) is 1. The molecule has 0 aliphatic carbocycles. The van der Waals surface area contributed by atoms with Crippen LogP contribution >= 0.6 is 0 Å². The summed E-state index contributed by atoms with van der Waals surface area (Å²) in [7, 11) is 0. The highest BCUT2D eigenvalue weighted by Crippen LogP contribution is 2.39. The summed E-state index contributed by atoms with van der Waals surface area (Å²) in [6.45, 7) is 4.86. The third kappa shape index (κ3) is 5.05. The lowest BCUT2D eigenvalue weighted by atomic mass is 9.96. The summed E-state index contributed by atoms with van der Waals surface area (Å²) in [5, 5.41) is 2.89. The Morgan fingerprint density at radius 1 is 1.06 bits per heavy atom. The molecule has 0 bridgehead atoms. The van der Waals surface area contributed by atoms with Crippen LogP contribution in [-0.2, 0) is 9.53 Å². The number of hydrogen-bond donors (Lipinski definition) is 1. The maximum absolute atomic E-state index is 14.2. The molecule has 7 nitrogen and oxygen atoms in total. The Labute approximate surface area is 203 Å². The van der Waals surface area contributed by atoms with E-state index in [0.717, 1.165) is 12.1 Å². The van der Waals surface area contributed by atoms with Crippen molar-refractivity contribution < 1.29 is 27.9 Å². The standard InChI is InChI=1S/C26H29F2N3O4/c1-17(2)15-29-23(32)22-16-35-26(31(22)24(33)18-6-4-3-5-7-18)10-12-30(13-11-26)25(34)20-9-8-19(27)14-21(20)28/h3-9,14,17,22H,10-13,15-16H2,1-2H3,(H,29,32). The summed E-state index contributed by atoms with van der Waals surface area (Å²) < 4.78 is 33.6. The molecule has 1 spiro atoms. The molecular formula is C26H29F2N3O4. The van der Waals surface area contributed by atoms with E-state index in [1.54, 1.807) is 30.3 Å². The van der Waals surface area contributed by atoms with Gasteiger partial charge < -0.3 is 15.0 Å². The normalized spacial score (nSPS) is 19.3. The van der Waals surface area contributed by atoms with Crippen LogP contribution in [0, 0.1) is 17.6 Å². The molecule has 186 valence electrons. The smallest absolute Gasteiger partial charge is 0.256 e. The molecule has 4 rings (SSSR count). The van der Waals surface area contributed by atoms with Crippen molar-refractivity contribution in [3.8, 4) is 0 Å². The third-order valence-electron chi connectivity index (χ3n) is 6.48. The van der Waals surface area contributed by atoms with Gasteiger partial charge in [0.05, 0.1) is 12.2 Å². The molecule has 0 saturated carbocycles. The van der Waals surface area contributed by atoms with E-state index in [2.05, 4.69) is 5.32 Å². The molecular weight excluding hydrogens is 456 g/mol. The van der Waals surface area contributed by atoms with E-state index in [0.29, 0.717) is 18.2 Å².